The molecule has 28 heavy (non-hydrogen) atoms. The predicted molar refractivity (Wildman–Crippen MR) is 104 cm³/mol. The van der Waals surface area contributed by atoms with Crippen LogP contribution >= 0.6 is 0 Å². The summed E-state index contributed by atoms with van der Waals surface area (Å²) in [7, 11) is 0. The molecule has 0 bridgehead atoms. The highest BCUT2D eigenvalue weighted by Gasteiger charge is 2.36. The molecule has 154 valence electrons. The van der Waals surface area contributed by atoms with Crippen LogP contribution in [0.5, 0.6) is 0 Å². The third-order valence-corrected chi connectivity index (χ3v) is 4.09. The number of rotatable bonds is 6. The number of esters is 1. The number of hydrogen-bond acceptors (Lipinski definition) is 6. The molecule has 1 N–H and O–H groups in total. The minimum atomic E-state index is -0.663. The molecule has 1 aromatic carbocycles. The van der Waals surface area contributed by atoms with Gasteiger partial charge in [0.2, 0.25) is 0 Å². The maximum absolute atomic E-state index is 12.5. The Bertz CT molecular complexity index is 707. The van der Waals surface area contributed by atoms with E-state index in [1.165, 1.54) is 4.90 Å². The number of aliphatic hydroxyl groups is 1. The summed E-state index contributed by atoms with van der Waals surface area (Å²) in [5.74, 6) is -1.27. The van der Waals surface area contributed by atoms with Gasteiger partial charge in [0, 0.05) is 6.54 Å². The fourth-order valence-electron chi connectivity index (χ4n) is 2.81. The second-order valence-corrected chi connectivity index (χ2v) is 7.64. The van der Waals surface area contributed by atoms with Gasteiger partial charge < -0.3 is 24.2 Å². The standard InChI is InChI=1S/C21H29NO6/c1-5-27-19(24)17-12-22(20(25)28-21(2,3)4)11-16(18(17)23)14-26-13-15-9-7-6-8-10-15/h6-10,16,23H,5,11-14H2,1-4H3/t16-/m1/s1. The minimum absolute atomic E-state index is 0.0607. The van der Waals surface area contributed by atoms with Crippen molar-refractivity contribution in [1.29, 1.82) is 0 Å². The molecule has 0 unspecified atom stereocenters. The second-order valence-electron chi connectivity index (χ2n) is 7.64. The van der Waals surface area contributed by atoms with Crippen LogP contribution in [-0.2, 0) is 25.6 Å². The number of benzene rings is 1. The molecule has 1 aliphatic rings. The molecule has 0 radical (unpaired) electrons. The number of ether oxygens (including phenoxy) is 3. The van der Waals surface area contributed by atoms with Crippen molar-refractivity contribution in [3.05, 3.63) is 47.2 Å². The highest BCUT2D eigenvalue weighted by Crippen LogP contribution is 2.25. The van der Waals surface area contributed by atoms with E-state index in [-0.39, 0.29) is 37.6 Å². The summed E-state index contributed by atoms with van der Waals surface area (Å²) >= 11 is 0. The topological polar surface area (TPSA) is 85.3 Å². The number of hydrogen-bond donors (Lipinski definition) is 1. The first kappa shape index (κ1) is 21.8. The molecule has 0 saturated carbocycles. The third-order valence-electron chi connectivity index (χ3n) is 4.09. The van der Waals surface area contributed by atoms with E-state index >= 15 is 0 Å². The van der Waals surface area contributed by atoms with Crippen molar-refractivity contribution in [1.82, 2.24) is 4.90 Å². The summed E-state index contributed by atoms with van der Waals surface area (Å²) < 4.78 is 16.2. The molecule has 1 amide bonds. The van der Waals surface area contributed by atoms with Gasteiger partial charge in [0.05, 0.1) is 37.9 Å². The van der Waals surface area contributed by atoms with Crippen molar-refractivity contribution in [2.24, 2.45) is 5.92 Å². The van der Waals surface area contributed by atoms with Crippen molar-refractivity contribution in [3.63, 3.8) is 0 Å². The van der Waals surface area contributed by atoms with Crippen LogP contribution in [0.4, 0.5) is 4.79 Å². The molecule has 0 fully saturated rings. The van der Waals surface area contributed by atoms with Gasteiger partial charge in [-0.1, -0.05) is 30.3 Å². The zero-order chi connectivity index (χ0) is 20.7. The van der Waals surface area contributed by atoms with Gasteiger partial charge in [0.1, 0.15) is 11.4 Å². The smallest absolute Gasteiger partial charge is 0.410 e. The summed E-state index contributed by atoms with van der Waals surface area (Å²) in [5, 5.41) is 10.6. The number of amides is 1. The van der Waals surface area contributed by atoms with Crippen LogP contribution < -0.4 is 0 Å². The quantitative estimate of drug-likeness (QED) is 0.748. The maximum Gasteiger partial charge on any atom is 0.410 e. The average molecular weight is 391 g/mol. The third kappa shape index (κ3) is 6.27. The Kier molecular flexibility index (Phi) is 7.45. The van der Waals surface area contributed by atoms with Gasteiger partial charge >= 0.3 is 12.1 Å². The van der Waals surface area contributed by atoms with Gasteiger partial charge in [-0.3, -0.25) is 0 Å². The van der Waals surface area contributed by atoms with Crippen molar-refractivity contribution in [3.8, 4) is 0 Å². The van der Waals surface area contributed by atoms with E-state index in [0.29, 0.717) is 6.61 Å². The lowest BCUT2D eigenvalue weighted by Gasteiger charge is -2.34. The van der Waals surface area contributed by atoms with E-state index in [4.69, 9.17) is 14.2 Å². The summed E-state index contributed by atoms with van der Waals surface area (Å²) in [6.07, 6.45) is -0.546. The molecule has 2 rings (SSSR count). The highest BCUT2D eigenvalue weighted by molar-refractivity contribution is 5.90. The van der Waals surface area contributed by atoms with Gasteiger partial charge in [-0.15, -0.1) is 0 Å². The van der Waals surface area contributed by atoms with Gasteiger partial charge in [-0.25, -0.2) is 9.59 Å². The van der Waals surface area contributed by atoms with Crippen molar-refractivity contribution in [2.45, 2.75) is 39.9 Å². The van der Waals surface area contributed by atoms with Crippen LogP contribution in [-0.4, -0.2) is 54.0 Å². The highest BCUT2D eigenvalue weighted by atomic mass is 16.6. The normalized spacial score (nSPS) is 17.4. The van der Waals surface area contributed by atoms with Gasteiger partial charge in [-0.05, 0) is 33.3 Å². The molecular formula is C21H29NO6. The number of carbonyl (C=O) groups excluding carboxylic acids is 2. The zero-order valence-corrected chi connectivity index (χ0v) is 16.9. The Hall–Kier alpha value is -2.54. The molecular weight excluding hydrogens is 362 g/mol. The number of aliphatic hydroxyl groups excluding tert-OH is 1. The first-order valence-corrected chi connectivity index (χ1v) is 9.40. The molecule has 1 heterocycles. The van der Waals surface area contributed by atoms with Crippen LogP contribution in [0.3, 0.4) is 0 Å². The molecule has 1 aliphatic heterocycles. The number of nitrogens with zero attached hydrogens (tertiary/aromatic N) is 1. The zero-order valence-electron chi connectivity index (χ0n) is 16.9. The monoisotopic (exact) mass is 391 g/mol. The minimum Gasteiger partial charge on any atom is -0.511 e. The molecule has 7 nitrogen and oxygen atoms in total. The first-order chi connectivity index (χ1) is 13.2. The van der Waals surface area contributed by atoms with Crippen LogP contribution in [0.25, 0.3) is 0 Å². The van der Waals surface area contributed by atoms with Crippen molar-refractivity contribution >= 4 is 12.1 Å². The predicted octanol–water partition coefficient (Wildman–Crippen LogP) is 3.45. The van der Waals surface area contributed by atoms with Gasteiger partial charge in [-0.2, -0.15) is 0 Å². The Morgan fingerprint density at radius 1 is 1.21 bits per heavy atom. The molecule has 0 spiro atoms. The van der Waals surface area contributed by atoms with E-state index in [0.717, 1.165) is 5.56 Å². The molecule has 0 aliphatic carbocycles. The summed E-state index contributed by atoms with van der Waals surface area (Å²) in [6.45, 7) is 7.84. The Morgan fingerprint density at radius 3 is 2.50 bits per heavy atom. The van der Waals surface area contributed by atoms with Crippen LogP contribution in [0.15, 0.2) is 41.7 Å². The van der Waals surface area contributed by atoms with Gasteiger partial charge in [0.15, 0.2) is 0 Å². The Morgan fingerprint density at radius 2 is 1.89 bits per heavy atom. The molecule has 0 aromatic heterocycles. The second kappa shape index (κ2) is 9.59. The van der Waals surface area contributed by atoms with Crippen molar-refractivity contribution in [2.75, 3.05) is 26.3 Å². The summed E-state index contributed by atoms with van der Waals surface area (Å²) in [6, 6.07) is 9.63. The molecule has 7 heteroatoms. The maximum atomic E-state index is 12.5. The lowest BCUT2D eigenvalue weighted by molar-refractivity contribution is -0.139. The Labute approximate surface area is 165 Å². The molecule has 1 atom stereocenters. The van der Waals surface area contributed by atoms with E-state index in [1.54, 1.807) is 27.7 Å². The number of carbonyl (C=O) groups is 2. The molecule has 1 aromatic rings. The van der Waals surface area contributed by atoms with E-state index in [1.807, 2.05) is 30.3 Å². The fourth-order valence-corrected chi connectivity index (χ4v) is 2.81. The van der Waals surface area contributed by atoms with E-state index < -0.39 is 23.6 Å². The van der Waals surface area contributed by atoms with E-state index in [9.17, 15) is 14.7 Å². The average Bonchev–Trinajstić information content (AvgIpc) is 2.62. The summed E-state index contributed by atoms with van der Waals surface area (Å²) in [5.41, 5.74) is 0.396. The van der Waals surface area contributed by atoms with Crippen LogP contribution in [0, 0.1) is 5.92 Å². The molecule has 0 saturated heterocycles. The van der Waals surface area contributed by atoms with Crippen LogP contribution in [0.1, 0.15) is 33.3 Å². The largest absolute Gasteiger partial charge is 0.511 e. The van der Waals surface area contributed by atoms with Gasteiger partial charge in [0.25, 0.3) is 0 Å². The lowest BCUT2D eigenvalue weighted by atomic mass is 9.98. The Balaban J connectivity index is 2.11. The lowest BCUT2D eigenvalue weighted by Crippen LogP contribution is -2.46. The SMILES string of the molecule is CCOC(=O)C1=C(O)[C@@H](COCc2ccccc2)CN(C(=O)OC(C)(C)C)C1. The van der Waals surface area contributed by atoms with Crippen molar-refractivity contribution < 1.29 is 28.9 Å². The van der Waals surface area contributed by atoms with Crippen LogP contribution in [0.2, 0.25) is 0 Å². The first-order valence-electron chi connectivity index (χ1n) is 9.40. The summed E-state index contributed by atoms with van der Waals surface area (Å²) in [4.78, 5) is 26.1. The van der Waals surface area contributed by atoms with E-state index in [2.05, 4.69) is 0 Å². The fraction of sp³-hybridized carbons (Fsp3) is 0.524.